The van der Waals surface area contributed by atoms with E-state index in [2.05, 4.69) is 10.6 Å². The van der Waals surface area contributed by atoms with Crippen LogP contribution >= 0.6 is 0 Å². The molecule has 3 N–H and O–H groups in total. The molecule has 2 heterocycles. The first kappa shape index (κ1) is 13.6. The summed E-state index contributed by atoms with van der Waals surface area (Å²) in [7, 11) is 0. The molecule has 0 radical (unpaired) electrons. The standard InChI is InChI=1S/C12H19N3O4/c16-10-4-3-8(7-13-10)14-12(19)15-5-1-2-9(15)6-11(17)18/h8-9H,1-7H2,(H,13,16)(H,14,19)(H,17,18). The molecule has 0 aromatic rings. The Hall–Kier alpha value is -1.79. The van der Waals surface area contributed by atoms with Crippen molar-refractivity contribution in [3.63, 3.8) is 0 Å². The number of aliphatic carboxylic acids is 1. The lowest BCUT2D eigenvalue weighted by Gasteiger charge is -2.29. The van der Waals surface area contributed by atoms with Crippen molar-refractivity contribution in [2.45, 2.75) is 44.2 Å². The van der Waals surface area contributed by atoms with Crippen LogP contribution in [-0.2, 0) is 9.59 Å². The zero-order chi connectivity index (χ0) is 13.8. The molecule has 2 rings (SSSR count). The summed E-state index contributed by atoms with van der Waals surface area (Å²) in [6, 6.07) is -0.489. The fourth-order valence-corrected chi connectivity index (χ4v) is 2.63. The summed E-state index contributed by atoms with van der Waals surface area (Å²) >= 11 is 0. The van der Waals surface area contributed by atoms with Crippen LogP contribution in [0.1, 0.15) is 32.1 Å². The van der Waals surface area contributed by atoms with Gasteiger partial charge in [0.2, 0.25) is 5.91 Å². The zero-order valence-corrected chi connectivity index (χ0v) is 10.7. The highest BCUT2D eigenvalue weighted by Gasteiger charge is 2.31. The van der Waals surface area contributed by atoms with E-state index in [4.69, 9.17) is 5.11 Å². The van der Waals surface area contributed by atoms with Gasteiger partial charge in [-0.2, -0.15) is 0 Å². The first-order valence-corrected chi connectivity index (χ1v) is 6.62. The summed E-state index contributed by atoms with van der Waals surface area (Å²) in [6.07, 6.45) is 2.63. The zero-order valence-electron chi connectivity index (χ0n) is 10.7. The molecule has 2 unspecified atom stereocenters. The van der Waals surface area contributed by atoms with Crippen LogP contribution in [0.15, 0.2) is 0 Å². The van der Waals surface area contributed by atoms with Crippen LogP contribution < -0.4 is 10.6 Å². The van der Waals surface area contributed by atoms with Crippen LogP contribution in [0.2, 0.25) is 0 Å². The Balaban J connectivity index is 1.84. The van der Waals surface area contributed by atoms with Crippen molar-refractivity contribution in [3.05, 3.63) is 0 Å². The van der Waals surface area contributed by atoms with Gasteiger partial charge < -0.3 is 20.6 Å². The number of carbonyl (C=O) groups is 3. The molecule has 2 aliphatic heterocycles. The molecule has 0 spiro atoms. The molecule has 0 aliphatic carbocycles. The van der Waals surface area contributed by atoms with Crippen LogP contribution in [0.4, 0.5) is 4.79 Å². The summed E-state index contributed by atoms with van der Waals surface area (Å²) in [5.41, 5.74) is 0. The van der Waals surface area contributed by atoms with E-state index in [-0.39, 0.29) is 30.4 Å². The maximum absolute atomic E-state index is 12.1. The van der Waals surface area contributed by atoms with Gasteiger partial charge in [0.25, 0.3) is 0 Å². The fraction of sp³-hybridized carbons (Fsp3) is 0.750. The minimum absolute atomic E-state index is 0.00514. The van der Waals surface area contributed by atoms with Crippen molar-refractivity contribution in [3.8, 4) is 0 Å². The van der Waals surface area contributed by atoms with Gasteiger partial charge in [-0.25, -0.2) is 4.79 Å². The van der Waals surface area contributed by atoms with Crippen molar-refractivity contribution >= 4 is 17.9 Å². The lowest BCUT2D eigenvalue weighted by Crippen LogP contribution is -2.52. The maximum Gasteiger partial charge on any atom is 0.317 e. The number of urea groups is 1. The summed E-state index contributed by atoms with van der Waals surface area (Å²) < 4.78 is 0. The van der Waals surface area contributed by atoms with E-state index in [9.17, 15) is 14.4 Å². The fourth-order valence-electron chi connectivity index (χ4n) is 2.63. The normalized spacial score (nSPS) is 26.9. The predicted molar refractivity (Wildman–Crippen MR) is 66.5 cm³/mol. The minimum Gasteiger partial charge on any atom is -0.481 e. The van der Waals surface area contributed by atoms with E-state index < -0.39 is 5.97 Å². The van der Waals surface area contributed by atoms with Gasteiger partial charge in [-0.1, -0.05) is 0 Å². The molecule has 2 aliphatic rings. The maximum atomic E-state index is 12.1. The number of hydrogen-bond acceptors (Lipinski definition) is 3. The number of rotatable bonds is 3. The Labute approximate surface area is 111 Å². The second kappa shape index (κ2) is 5.90. The molecule has 106 valence electrons. The molecule has 7 heteroatoms. The van der Waals surface area contributed by atoms with Crippen molar-refractivity contribution in [2.75, 3.05) is 13.1 Å². The number of hydrogen-bond donors (Lipinski definition) is 3. The van der Waals surface area contributed by atoms with Crippen molar-refractivity contribution in [1.82, 2.24) is 15.5 Å². The molecule has 2 fully saturated rings. The molecule has 7 nitrogen and oxygen atoms in total. The number of nitrogens with zero attached hydrogens (tertiary/aromatic N) is 1. The third-order valence-corrected chi connectivity index (χ3v) is 3.64. The third-order valence-electron chi connectivity index (χ3n) is 3.64. The van der Waals surface area contributed by atoms with Crippen molar-refractivity contribution in [2.24, 2.45) is 0 Å². The van der Waals surface area contributed by atoms with Crippen LogP contribution in [-0.4, -0.2) is 53.1 Å². The second-order valence-electron chi connectivity index (χ2n) is 5.08. The average Bonchev–Trinajstić information content (AvgIpc) is 2.79. The van der Waals surface area contributed by atoms with Crippen LogP contribution in [0.5, 0.6) is 0 Å². The highest BCUT2D eigenvalue weighted by molar-refractivity contribution is 5.79. The summed E-state index contributed by atoms with van der Waals surface area (Å²) in [6.45, 7) is 1.05. The van der Waals surface area contributed by atoms with E-state index in [0.717, 1.165) is 12.8 Å². The Morgan fingerprint density at radius 1 is 1.42 bits per heavy atom. The Kier molecular flexibility index (Phi) is 4.24. The first-order valence-electron chi connectivity index (χ1n) is 6.62. The summed E-state index contributed by atoms with van der Waals surface area (Å²) in [5.74, 6) is -0.870. The van der Waals surface area contributed by atoms with Gasteiger partial charge in [-0.05, 0) is 19.3 Å². The molecular weight excluding hydrogens is 250 g/mol. The number of carbonyl (C=O) groups excluding carboxylic acids is 2. The molecule has 0 aromatic carbocycles. The molecule has 2 saturated heterocycles. The van der Waals surface area contributed by atoms with E-state index in [1.54, 1.807) is 4.90 Å². The number of carboxylic acid groups (broad SMARTS) is 1. The lowest BCUT2D eigenvalue weighted by atomic mass is 10.1. The SMILES string of the molecule is O=C(O)CC1CCCN1C(=O)NC1CCC(=O)NC1. The summed E-state index contributed by atoms with van der Waals surface area (Å²) in [4.78, 5) is 35.5. The number of likely N-dealkylation sites (tertiary alicyclic amines) is 1. The number of nitrogens with one attached hydrogen (secondary N) is 2. The van der Waals surface area contributed by atoms with Crippen LogP contribution in [0.25, 0.3) is 0 Å². The van der Waals surface area contributed by atoms with Crippen molar-refractivity contribution < 1.29 is 19.5 Å². The monoisotopic (exact) mass is 269 g/mol. The highest BCUT2D eigenvalue weighted by Crippen LogP contribution is 2.20. The molecule has 2 atom stereocenters. The van der Waals surface area contributed by atoms with Crippen LogP contribution in [0, 0.1) is 0 Å². The van der Waals surface area contributed by atoms with Crippen LogP contribution in [0.3, 0.4) is 0 Å². The number of carboxylic acids is 1. The molecule has 0 bridgehead atoms. The van der Waals surface area contributed by atoms with E-state index in [1.165, 1.54) is 0 Å². The topological polar surface area (TPSA) is 98.7 Å². The van der Waals surface area contributed by atoms with Gasteiger partial charge in [0, 0.05) is 31.6 Å². The van der Waals surface area contributed by atoms with E-state index in [1.807, 2.05) is 0 Å². The quantitative estimate of drug-likeness (QED) is 0.667. The van der Waals surface area contributed by atoms with Crippen molar-refractivity contribution in [1.29, 1.82) is 0 Å². The average molecular weight is 269 g/mol. The van der Waals surface area contributed by atoms with E-state index >= 15 is 0 Å². The highest BCUT2D eigenvalue weighted by atomic mass is 16.4. The largest absolute Gasteiger partial charge is 0.481 e. The van der Waals surface area contributed by atoms with Gasteiger partial charge in [0.1, 0.15) is 0 Å². The lowest BCUT2D eigenvalue weighted by molar-refractivity contribution is -0.138. The molecule has 0 saturated carbocycles. The Morgan fingerprint density at radius 2 is 2.21 bits per heavy atom. The Morgan fingerprint density at radius 3 is 2.84 bits per heavy atom. The van der Waals surface area contributed by atoms with Gasteiger partial charge in [-0.3, -0.25) is 9.59 Å². The minimum atomic E-state index is -0.880. The van der Waals surface area contributed by atoms with Gasteiger partial charge >= 0.3 is 12.0 Å². The number of piperidine rings is 1. The second-order valence-corrected chi connectivity index (χ2v) is 5.08. The third kappa shape index (κ3) is 3.59. The number of amides is 3. The predicted octanol–water partition coefficient (Wildman–Crippen LogP) is -0.0863. The first-order chi connectivity index (χ1) is 9.06. The molecule has 3 amide bonds. The molecule has 0 aromatic heterocycles. The van der Waals surface area contributed by atoms with Gasteiger partial charge in [-0.15, -0.1) is 0 Å². The Bertz CT molecular complexity index is 375. The van der Waals surface area contributed by atoms with Gasteiger partial charge in [0.15, 0.2) is 0 Å². The smallest absolute Gasteiger partial charge is 0.317 e. The molecule has 19 heavy (non-hydrogen) atoms. The van der Waals surface area contributed by atoms with E-state index in [0.29, 0.717) is 25.9 Å². The molecular formula is C12H19N3O4. The summed E-state index contributed by atoms with van der Waals surface area (Å²) in [5, 5.41) is 14.4. The van der Waals surface area contributed by atoms with Gasteiger partial charge in [0.05, 0.1) is 6.42 Å².